The maximum absolute atomic E-state index is 13.7. The molecule has 3 aromatic carbocycles. The number of hydrogen-bond donors (Lipinski definition) is 4. The second-order valence-electron chi connectivity index (χ2n) is 16.3. The van der Waals surface area contributed by atoms with E-state index in [9.17, 15) is 29.7 Å². The average Bonchev–Trinajstić information content (AvgIpc) is 3.97. The normalized spacial score (nSPS) is 15.4. The number of rotatable bonds is 12. The number of ether oxygens (including phenoxy) is 3. The van der Waals surface area contributed by atoms with Gasteiger partial charge >= 0.3 is 18.1 Å². The molecule has 1 atom stereocenters. The largest absolute Gasteiger partial charge is 0.508 e. The zero-order valence-corrected chi connectivity index (χ0v) is 35.6. The van der Waals surface area contributed by atoms with Gasteiger partial charge in [0.25, 0.3) is 5.56 Å². The standard InChI is InChI=1S/C47H47N7O9/c1-6-30-33-20-29(9-10-37(33)49-41-34(30)23-53-39(41)22-36-35(43(53)56)24-62-44(57)47(36,60)7-2)63-46(59)48-13-16-61-17-15-52-14-12-27-19-28(8-11-38(27)52)54-42(50-51-45(54)58)32-21-31(25(3)4)40(55)18-26(32)5/h8-12,14,18-22,25,55,60H,6-7,13,15-17,23-24H2,1-5H3,(H,48,59)(H,51,58). The first-order valence-electron chi connectivity index (χ1n) is 21.0. The first-order chi connectivity index (χ1) is 30.3. The first-order valence-corrected chi connectivity index (χ1v) is 21.0. The summed E-state index contributed by atoms with van der Waals surface area (Å²) in [5.41, 5.74) is 5.91. The number of nitrogens with zero attached hydrogens (tertiary/aromatic N) is 6. The third-order valence-corrected chi connectivity index (χ3v) is 12.2. The lowest BCUT2D eigenvalue weighted by molar-refractivity contribution is -0.172. The van der Waals surface area contributed by atoms with Crippen LogP contribution in [0, 0.1) is 6.92 Å². The van der Waals surface area contributed by atoms with Crippen molar-refractivity contribution in [3.8, 4) is 46.0 Å². The molecule has 9 rings (SSSR count). The molecule has 7 aromatic rings. The fraction of sp³-hybridized carbons (Fsp3) is 0.319. The number of fused-ring (bicyclic) bond motifs is 6. The van der Waals surface area contributed by atoms with Crippen molar-refractivity contribution in [2.75, 3.05) is 19.8 Å². The van der Waals surface area contributed by atoms with Crippen LogP contribution in [0.1, 0.15) is 73.4 Å². The van der Waals surface area contributed by atoms with Crippen molar-refractivity contribution in [3.63, 3.8) is 0 Å². The van der Waals surface area contributed by atoms with E-state index in [0.29, 0.717) is 53.7 Å². The van der Waals surface area contributed by atoms with Crippen LogP contribution in [-0.2, 0) is 46.0 Å². The number of carbonyl (C=O) groups excluding carboxylic acids is 2. The lowest BCUT2D eigenvalue weighted by atomic mass is 9.86. The summed E-state index contributed by atoms with van der Waals surface area (Å²) in [7, 11) is 0. The van der Waals surface area contributed by atoms with E-state index in [1.54, 1.807) is 46.4 Å². The zero-order valence-electron chi connectivity index (χ0n) is 35.6. The van der Waals surface area contributed by atoms with Crippen molar-refractivity contribution in [3.05, 3.63) is 111 Å². The summed E-state index contributed by atoms with van der Waals surface area (Å²) in [5, 5.41) is 45.2. The van der Waals surface area contributed by atoms with Crippen LogP contribution in [0.3, 0.4) is 0 Å². The number of nitrogens with one attached hydrogen (secondary N) is 1. The maximum Gasteiger partial charge on any atom is 0.412 e. The van der Waals surface area contributed by atoms with Crippen LogP contribution in [0.15, 0.2) is 71.7 Å². The van der Waals surface area contributed by atoms with E-state index in [1.165, 1.54) is 0 Å². The molecular formula is C47H47N7O9. The van der Waals surface area contributed by atoms with Gasteiger partial charge in [0.2, 0.25) is 0 Å². The van der Waals surface area contributed by atoms with E-state index in [2.05, 4.69) is 20.1 Å². The Morgan fingerprint density at radius 1 is 1.00 bits per heavy atom. The van der Waals surface area contributed by atoms with Gasteiger partial charge in [-0.15, -0.1) is 5.10 Å². The summed E-state index contributed by atoms with van der Waals surface area (Å²) in [4.78, 5) is 44.0. The number of amides is 1. The molecule has 0 saturated carbocycles. The molecular weight excluding hydrogens is 807 g/mol. The number of aliphatic hydroxyl groups is 1. The van der Waals surface area contributed by atoms with Gasteiger partial charge in [0.15, 0.2) is 11.4 Å². The molecule has 1 unspecified atom stereocenters. The minimum Gasteiger partial charge on any atom is -0.508 e. The number of carbonyl (C=O) groups is 2. The smallest absolute Gasteiger partial charge is 0.412 e. The van der Waals surface area contributed by atoms with Gasteiger partial charge in [-0.05, 0) is 103 Å². The number of hydrogen-bond acceptors (Lipinski definition) is 12. The maximum atomic E-state index is 13.7. The fourth-order valence-electron chi connectivity index (χ4n) is 8.86. The van der Waals surface area contributed by atoms with Crippen LogP contribution in [0.4, 0.5) is 4.79 Å². The summed E-state index contributed by atoms with van der Waals surface area (Å²) < 4.78 is 22.0. The molecule has 0 saturated heterocycles. The first kappa shape index (κ1) is 41.3. The summed E-state index contributed by atoms with van der Waals surface area (Å²) in [6, 6.07) is 18.1. The summed E-state index contributed by atoms with van der Waals surface area (Å²) in [6.45, 7) is 11.1. The molecule has 16 nitrogen and oxygen atoms in total. The molecule has 6 heterocycles. The quantitative estimate of drug-likeness (QED) is 0.0769. The molecule has 324 valence electrons. The Hall–Kier alpha value is -7.04. The highest BCUT2D eigenvalue weighted by Gasteiger charge is 2.45. The van der Waals surface area contributed by atoms with Crippen molar-refractivity contribution in [2.24, 2.45) is 0 Å². The van der Waals surface area contributed by atoms with E-state index < -0.39 is 17.7 Å². The molecule has 2 aliphatic rings. The Labute approximate surface area is 361 Å². The molecule has 0 fully saturated rings. The van der Waals surface area contributed by atoms with E-state index in [4.69, 9.17) is 19.2 Å². The Balaban J connectivity index is 0.815. The Kier molecular flexibility index (Phi) is 10.5. The third-order valence-electron chi connectivity index (χ3n) is 12.2. The molecule has 0 bridgehead atoms. The molecule has 63 heavy (non-hydrogen) atoms. The second kappa shape index (κ2) is 16.0. The van der Waals surface area contributed by atoms with Gasteiger partial charge in [0.1, 0.15) is 18.1 Å². The Bertz CT molecular complexity index is 3060. The topological polar surface area (TPSA) is 205 Å². The predicted octanol–water partition coefficient (Wildman–Crippen LogP) is 6.49. The molecule has 4 N–H and O–H groups in total. The molecule has 0 radical (unpaired) electrons. The Morgan fingerprint density at radius 3 is 2.60 bits per heavy atom. The minimum absolute atomic E-state index is 0.0595. The molecule has 0 aliphatic carbocycles. The van der Waals surface area contributed by atoms with Crippen LogP contribution < -0.4 is 15.6 Å². The molecule has 2 aliphatic heterocycles. The van der Waals surface area contributed by atoms with Crippen molar-refractivity contribution in [2.45, 2.75) is 78.7 Å². The van der Waals surface area contributed by atoms with Crippen molar-refractivity contribution in [1.82, 2.24) is 34.2 Å². The number of aromatic hydroxyl groups is 2. The molecule has 0 spiro atoms. The van der Waals surface area contributed by atoms with Crippen LogP contribution >= 0.6 is 0 Å². The van der Waals surface area contributed by atoms with Crippen molar-refractivity contribution >= 4 is 33.9 Å². The number of aromatic nitrogens is 6. The van der Waals surface area contributed by atoms with E-state index in [1.807, 2.05) is 64.2 Å². The lowest BCUT2D eigenvalue weighted by Gasteiger charge is -2.31. The van der Waals surface area contributed by atoms with Crippen LogP contribution in [0.2, 0.25) is 0 Å². The number of pyridine rings is 2. The van der Waals surface area contributed by atoms with Gasteiger partial charge < -0.3 is 44.0 Å². The number of cyclic esters (lactones) is 1. The van der Waals surface area contributed by atoms with Crippen LogP contribution in [-0.4, -0.2) is 76.0 Å². The second-order valence-corrected chi connectivity index (χ2v) is 16.3. The van der Waals surface area contributed by atoms with Gasteiger partial charge in [-0.1, -0.05) is 32.8 Å². The highest BCUT2D eigenvalue weighted by Crippen LogP contribution is 2.41. The highest BCUT2D eigenvalue weighted by atomic mass is 16.6. The van der Waals surface area contributed by atoms with Crippen LogP contribution in [0.5, 0.6) is 17.5 Å². The summed E-state index contributed by atoms with van der Waals surface area (Å²) in [6.07, 6.45) is 2.01. The number of aryl methyl sites for hydroxylation is 2. The minimum atomic E-state index is -1.91. The van der Waals surface area contributed by atoms with E-state index >= 15 is 0 Å². The number of phenols is 1. The molecule has 1 amide bonds. The van der Waals surface area contributed by atoms with Gasteiger partial charge in [0.05, 0.1) is 47.9 Å². The molecule has 4 aromatic heterocycles. The predicted molar refractivity (Wildman–Crippen MR) is 233 cm³/mol. The summed E-state index contributed by atoms with van der Waals surface area (Å²) >= 11 is 0. The monoisotopic (exact) mass is 853 g/mol. The highest BCUT2D eigenvalue weighted by molar-refractivity contribution is 5.90. The lowest BCUT2D eigenvalue weighted by Crippen LogP contribution is -2.44. The average molecular weight is 854 g/mol. The van der Waals surface area contributed by atoms with Crippen molar-refractivity contribution < 1.29 is 39.1 Å². The zero-order chi connectivity index (χ0) is 44.3. The SMILES string of the molecule is CCc1c2c(nc3ccc(OC(=O)NCCOCCn4ccc5cc(-n6c(O)nnc6-c6cc(C(C)C)c(O)cc6C)ccc54)cc13)-c1cc3c(c(=O)n1C2)COC(=O)C3(O)CC. The number of esters is 1. The number of phenolic OH excluding ortho intramolecular Hbond substituents is 1. The fourth-order valence-corrected chi connectivity index (χ4v) is 8.86. The van der Waals surface area contributed by atoms with Crippen LogP contribution in [0.25, 0.3) is 50.3 Å². The van der Waals surface area contributed by atoms with Gasteiger partial charge in [-0.3, -0.25) is 4.79 Å². The number of benzene rings is 3. The third kappa shape index (κ3) is 7.04. The van der Waals surface area contributed by atoms with E-state index in [-0.39, 0.29) is 67.1 Å². The van der Waals surface area contributed by atoms with Gasteiger partial charge in [0, 0.05) is 52.3 Å². The van der Waals surface area contributed by atoms with Gasteiger partial charge in [-0.2, -0.15) is 0 Å². The summed E-state index contributed by atoms with van der Waals surface area (Å²) in [5.74, 6) is 0.338. The van der Waals surface area contributed by atoms with Gasteiger partial charge in [-0.25, -0.2) is 19.1 Å². The molecule has 16 heteroatoms. The Morgan fingerprint density at radius 2 is 1.83 bits per heavy atom. The van der Waals surface area contributed by atoms with E-state index in [0.717, 1.165) is 44.1 Å². The van der Waals surface area contributed by atoms with Crippen molar-refractivity contribution in [1.29, 1.82) is 0 Å².